The number of carbonyl (C=O) groups is 2. The Morgan fingerprint density at radius 1 is 1.07 bits per heavy atom. The van der Waals surface area contributed by atoms with E-state index >= 15 is 0 Å². The summed E-state index contributed by atoms with van der Waals surface area (Å²) in [6.07, 6.45) is 0. The Kier molecular flexibility index (Phi) is 4.99. The van der Waals surface area contributed by atoms with Gasteiger partial charge in [-0.15, -0.1) is 5.10 Å². The Hall–Kier alpha value is -3.68. The molecule has 0 fully saturated rings. The van der Waals surface area contributed by atoms with E-state index in [2.05, 4.69) is 10.4 Å². The van der Waals surface area contributed by atoms with Crippen LogP contribution in [0, 0.1) is 6.92 Å². The second-order valence-electron chi connectivity index (χ2n) is 7.05. The number of rotatable bonds is 5. The van der Waals surface area contributed by atoms with Crippen molar-refractivity contribution < 1.29 is 9.59 Å². The molecule has 0 saturated heterocycles. The molecular formula is C21H21N5O3. The maximum absolute atomic E-state index is 12.8. The maximum atomic E-state index is 12.8. The molecule has 2 heterocycles. The first-order valence-electron chi connectivity index (χ1n) is 9.38. The van der Waals surface area contributed by atoms with Gasteiger partial charge in [0, 0.05) is 25.3 Å². The van der Waals surface area contributed by atoms with Crippen LogP contribution in [0.3, 0.4) is 0 Å². The average Bonchev–Trinajstić information content (AvgIpc) is 3.01. The van der Waals surface area contributed by atoms with Crippen molar-refractivity contribution in [2.75, 3.05) is 11.9 Å². The molecule has 0 spiro atoms. The summed E-state index contributed by atoms with van der Waals surface area (Å²) in [5, 5.41) is 6.85. The van der Waals surface area contributed by atoms with Crippen LogP contribution in [0.25, 0.3) is 0 Å². The monoisotopic (exact) mass is 391 g/mol. The molecule has 0 atom stereocenters. The summed E-state index contributed by atoms with van der Waals surface area (Å²) in [6.45, 7) is 2.98. The van der Waals surface area contributed by atoms with Gasteiger partial charge in [-0.25, -0.2) is 9.48 Å². The van der Waals surface area contributed by atoms with Gasteiger partial charge in [-0.3, -0.25) is 14.2 Å². The third-order valence-electron chi connectivity index (χ3n) is 4.80. The first-order chi connectivity index (χ1) is 14.0. The zero-order valence-corrected chi connectivity index (χ0v) is 16.0. The van der Waals surface area contributed by atoms with Crippen molar-refractivity contribution >= 4 is 17.5 Å². The maximum Gasteiger partial charge on any atom is 0.346 e. The number of anilines is 1. The van der Waals surface area contributed by atoms with Gasteiger partial charge in [0.05, 0.1) is 0 Å². The molecule has 1 aromatic heterocycles. The smallest absolute Gasteiger partial charge is 0.330 e. The van der Waals surface area contributed by atoms with Crippen LogP contribution in [-0.2, 0) is 24.4 Å². The van der Waals surface area contributed by atoms with E-state index in [1.165, 1.54) is 4.57 Å². The van der Waals surface area contributed by atoms with Crippen molar-refractivity contribution in [1.29, 1.82) is 0 Å². The lowest BCUT2D eigenvalue weighted by atomic mass is 10.1. The Morgan fingerprint density at radius 3 is 2.62 bits per heavy atom. The number of hydrogen-bond acceptors (Lipinski definition) is 4. The molecule has 8 heteroatoms. The lowest BCUT2D eigenvalue weighted by molar-refractivity contribution is -0.117. The van der Waals surface area contributed by atoms with Crippen LogP contribution in [0.1, 0.15) is 21.7 Å². The fourth-order valence-electron chi connectivity index (χ4n) is 3.41. The standard InChI is InChI=1S/C21H21N5O3/c1-15-6-5-7-16(12-15)13-24-10-11-25-19(20(24)28)23-26(21(25)29)14-18(27)22-17-8-3-2-4-9-17/h2-9,12H,10-11,13-14H2,1H3,(H,22,27). The molecule has 29 heavy (non-hydrogen) atoms. The highest BCUT2D eigenvalue weighted by Crippen LogP contribution is 2.14. The summed E-state index contributed by atoms with van der Waals surface area (Å²) in [4.78, 5) is 39.3. The molecule has 0 unspecified atom stereocenters. The van der Waals surface area contributed by atoms with Crippen LogP contribution in [0.15, 0.2) is 59.4 Å². The van der Waals surface area contributed by atoms with Crippen molar-refractivity contribution in [1.82, 2.24) is 19.2 Å². The highest BCUT2D eigenvalue weighted by atomic mass is 16.2. The molecule has 2 aromatic carbocycles. The molecule has 4 rings (SSSR count). The Bertz CT molecular complexity index is 1120. The molecule has 0 bridgehead atoms. The van der Waals surface area contributed by atoms with Gasteiger partial charge < -0.3 is 10.2 Å². The number of para-hydroxylation sites is 1. The number of nitrogens with zero attached hydrogens (tertiary/aromatic N) is 4. The number of fused-ring (bicyclic) bond motifs is 1. The number of aromatic nitrogens is 3. The molecule has 1 N–H and O–H groups in total. The van der Waals surface area contributed by atoms with Gasteiger partial charge in [0.25, 0.3) is 5.91 Å². The van der Waals surface area contributed by atoms with Gasteiger partial charge in [-0.1, -0.05) is 48.0 Å². The predicted molar refractivity (Wildman–Crippen MR) is 107 cm³/mol. The van der Waals surface area contributed by atoms with Gasteiger partial charge >= 0.3 is 5.69 Å². The fourth-order valence-corrected chi connectivity index (χ4v) is 3.41. The second-order valence-corrected chi connectivity index (χ2v) is 7.05. The molecule has 0 radical (unpaired) electrons. The van der Waals surface area contributed by atoms with Crippen molar-refractivity contribution in [3.8, 4) is 0 Å². The molecule has 1 aliphatic heterocycles. The van der Waals surface area contributed by atoms with Gasteiger partial charge in [0.2, 0.25) is 11.7 Å². The van der Waals surface area contributed by atoms with Crippen LogP contribution in [0.5, 0.6) is 0 Å². The van der Waals surface area contributed by atoms with Crippen LogP contribution in [-0.4, -0.2) is 37.6 Å². The number of amides is 2. The molecule has 8 nitrogen and oxygen atoms in total. The molecule has 148 valence electrons. The molecule has 0 aliphatic carbocycles. The van der Waals surface area contributed by atoms with E-state index < -0.39 is 5.69 Å². The number of hydrogen-bond donors (Lipinski definition) is 1. The Balaban J connectivity index is 1.49. The first-order valence-corrected chi connectivity index (χ1v) is 9.38. The molecule has 1 aliphatic rings. The minimum Gasteiger partial charge on any atom is -0.330 e. The number of nitrogens with one attached hydrogen (secondary N) is 1. The Labute approximate surface area is 167 Å². The summed E-state index contributed by atoms with van der Waals surface area (Å²) in [6, 6.07) is 16.9. The van der Waals surface area contributed by atoms with Crippen molar-refractivity contribution in [2.45, 2.75) is 26.6 Å². The van der Waals surface area contributed by atoms with E-state index in [0.717, 1.165) is 15.8 Å². The zero-order chi connectivity index (χ0) is 20.4. The normalized spacial score (nSPS) is 13.3. The van der Waals surface area contributed by atoms with E-state index in [1.54, 1.807) is 29.2 Å². The van der Waals surface area contributed by atoms with Crippen LogP contribution in [0.4, 0.5) is 5.69 Å². The van der Waals surface area contributed by atoms with E-state index in [-0.39, 0.29) is 24.2 Å². The molecule has 3 aromatic rings. The van der Waals surface area contributed by atoms with E-state index in [9.17, 15) is 14.4 Å². The third kappa shape index (κ3) is 3.96. The lowest BCUT2D eigenvalue weighted by Gasteiger charge is -2.26. The topological polar surface area (TPSA) is 89.2 Å². The van der Waals surface area contributed by atoms with Crippen LogP contribution in [0.2, 0.25) is 0 Å². The summed E-state index contributed by atoms with van der Waals surface area (Å²) in [5.74, 6) is -0.615. The van der Waals surface area contributed by atoms with E-state index in [1.807, 2.05) is 37.3 Å². The first kappa shape index (κ1) is 18.7. The fraction of sp³-hybridized carbons (Fsp3) is 0.238. The van der Waals surface area contributed by atoms with Gasteiger partial charge in [-0.05, 0) is 24.6 Å². The summed E-state index contributed by atoms with van der Waals surface area (Å²) < 4.78 is 2.38. The molecular weight excluding hydrogens is 370 g/mol. The highest BCUT2D eigenvalue weighted by Gasteiger charge is 2.30. The number of aryl methyl sites for hydroxylation is 1. The second kappa shape index (κ2) is 7.75. The van der Waals surface area contributed by atoms with Gasteiger partial charge in [0.1, 0.15) is 6.54 Å². The quantitative estimate of drug-likeness (QED) is 0.716. The lowest BCUT2D eigenvalue weighted by Crippen LogP contribution is -2.42. The summed E-state index contributed by atoms with van der Waals surface area (Å²) in [7, 11) is 0. The number of carbonyl (C=O) groups excluding carboxylic acids is 2. The number of benzene rings is 2. The van der Waals surface area contributed by atoms with E-state index in [4.69, 9.17) is 0 Å². The molecule has 2 amide bonds. The summed E-state index contributed by atoms with van der Waals surface area (Å²) in [5.41, 5.74) is 2.33. The minimum absolute atomic E-state index is 0.0708. The highest BCUT2D eigenvalue weighted by molar-refractivity contribution is 5.92. The van der Waals surface area contributed by atoms with E-state index in [0.29, 0.717) is 25.3 Å². The largest absolute Gasteiger partial charge is 0.346 e. The molecule has 0 saturated carbocycles. The Morgan fingerprint density at radius 2 is 1.86 bits per heavy atom. The average molecular weight is 391 g/mol. The zero-order valence-electron chi connectivity index (χ0n) is 16.0. The van der Waals surface area contributed by atoms with Crippen molar-refractivity contribution in [3.63, 3.8) is 0 Å². The summed E-state index contributed by atoms with van der Waals surface area (Å²) >= 11 is 0. The minimum atomic E-state index is -0.452. The van der Waals surface area contributed by atoms with Crippen molar-refractivity contribution in [3.05, 3.63) is 82.0 Å². The van der Waals surface area contributed by atoms with Gasteiger partial charge in [0.15, 0.2) is 0 Å². The predicted octanol–water partition coefficient (Wildman–Crippen LogP) is 1.65. The van der Waals surface area contributed by atoms with Crippen LogP contribution < -0.4 is 11.0 Å². The van der Waals surface area contributed by atoms with Gasteiger partial charge in [-0.2, -0.15) is 0 Å². The third-order valence-corrected chi connectivity index (χ3v) is 4.80. The SMILES string of the molecule is Cc1cccc(CN2CCn3c(nn(CC(=O)Nc4ccccc4)c3=O)C2=O)c1. The van der Waals surface area contributed by atoms with Crippen molar-refractivity contribution in [2.24, 2.45) is 0 Å². The van der Waals surface area contributed by atoms with Crippen LogP contribution >= 0.6 is 0 Å².